The SMILES string of the molecule is CC(NCC1CCCO1)c1cccc(C#N)c1. The molecule has 1 saturated heterocycles. The summed E-state index contributed by atoms with van der Waals surface area (Å²) in [5.74, 6) is 0. The Morgan fingerprint density at radius 2 is 2.47 bits per heavy atom. The van der Waals surface area contributed by atoms with Gasteiger partial charge in [0, 0.05) is 19.2 Å². The van der Waals surface area contributed by atoms with Crippen molar-refractivity contribution in [2.75, 3.05) is 13.2 Å². The quantitative estimate of drug-likeness (QED) is 0.863. The number of rotatable bonds is 4. The molecule has 1 N–H and O–H groups in total. The average Bonchev–Trinajstić information content (AvgIpc) is 2.89. The fourth-order valence-electron chi connectivity index (χ4n) is 2.11. The maximum Gasteiger partial charge on any atom is 0.0991 e. The lowest BCUT2D eigenvalue weighted by Gasteiger charge is -2.17. The third kappa shape index (κ3) is 3.29. The molecule has 0 radical (unpaired) electrons. The molecule has 1 aromatic rings. The van der Waals surface area contributed by atoms with Gasteiger partial charge < -0.3 is 10.1 Å². The van der Waals surface area contributed by atoms with E-state index in [0.29, 0.717) is 11.7 Å². The van der Waals surface area contributed by atoms with E-state index in [1.165, 1.54) is 6.42 Å². The van der Waals surface area contributed by atoms with Crippen molar-refractivity contribution in [1.82, 2.24) is 5.32 Å². The Morgan fingerprint density at radius 1 is 1.59 bits per heavy atom. The predicted octanol–water partition coefficient (Wildman–Crippen LogP) is 2.39. The number of hydrogen-bond donors (Lipinski definition) is 1. The van der Waals surface area contributed by atoms with E-state index in [2.05, 4.69) is 18.3 Å². The highest BCUT2D eigenvalue weighted by Crippen LogP contribution is 2.16. The topological polar surface area (TPSA) is 45.0 Å². The zero-order valence-corrected chi connectivity index (χ0v) is 10.1. The van der Waals surface area contributed by atoms with Gasteiger partial charge in [-0.1, -0.05) is 12.1 Å². The van der Waals surface area contributed by atoms with Crippen LogP contribution in [0.3, 0.4) is 0 Å². The Bertz CT molecular complexity index is 405. The molecule has 1 heterocycles. The van der Waals surface area contributed by atoms with Crippen LogP contribution in [0.1, 0.15) is 36.9 Å². The highest BCUT2D eigenvalue weighted by molar-refractivity contribution is 5.33. The first kappa shape index (κ1) is 12.1. The molecule has 0 spiro atoms. The minimum Gasteiger partial charge on any atom is -0.377 e. The molecule has 2 rings (SSSR count). The third-order valence-corrected chi connectivity index (χ3v) is 3.19. The van der Waals surface area contributed by atoms with Crippen LogP contribution in [0, 0.1) is 11.3 Å². The molecule has 0 saturated carbocycles. The second-order valence-electron chi connectivity index (χ2n) is 4.50. The number of nitrogens with zero attached hydrogens (tertiary/aromatic N) is 1. The molecule has 1 aliphatic rings. The molecule has 1 aromatic carbocycles. The zero-order chi connectivity index (χ0) is 12.1. The number of hydrogen-bond acceptors (Lipinski definition) is 3. The van der Waals surface area contributed by atoms with E-state index in [9.17, 15) is 0 Å². The molecule has 3 nitrogen and oxygen atoms in total. The molecule has 90 valence electrons. The first-order valence-corrected chi connectivity index (χ1v) is 6.14. The van der Waals surface area contributed by atoms with Gasteiger partial charge in [0.2, 0.25) is 0 Å². The maximum absolute atomic E-state index is 8.86. The van der Waals surface area contributed by atoms with E-state index in [4.69, 9.17) is 10.00 Å². The summed E-state index contributed by atoms with van der Waals surface area (Å²) in [6.07, 6.45) is 2.68. The Morgan fingerprint density at radius 3 is 3.18 bits per heavy atom. The Labute approximate surface area is 102 Å². The summed E-state index contributed by atoms with van der Waals surface area (Å²) < 4.78 is 5.57. The standard InChI is InChI=1S/C14H18N2O/c1-11(16-10-14-6-3-7-17-14)13-5-2-4-12(8-13)9-15/h2,4-5,8,11,14,16H,3,6-7,10H2,1H3. The first-order chi connectivity index (χ1) is 8.29. The Balaban J connectivity index is 1.89. The Kier molecular flexibility index (Phi) is 4.13. The van der Waals surface area contributed by atoms with Crippen molar-refractivity contribution in [3.05, 3.63) is 35.4 Å². The van der Waals surface area contributed by atoms with Crippen molar-refractivity contribution in [3.63, 3.8) is 0 Å². The minimum absolute atomic E-state index is 0.257. The van der Waals surface area contributed by atoms with Crippen LogP contribution in [0.15, 0.2) is 24.3 Å². The van der Waals surface area contributed by atoms with Crippen molar-refractivity contribution in [1.29, 1.82) is 5.26 Å². The van der Waals surface area contributed by atoms with Gasteiger partial charge in [-0.3, -0.25) is 0 Å². The second kappa shape index (κ2) is 5.81. The van der Waals surface area contributed by atoms with E-state index in [1.807, 2.05) is 24.3 Å². The van der Waals surface area contributed by atoms with Gasteiger partial charge in [0.15, 0.2) is 0 Å². The van der Waals surface area contributed by atoms with Crippen LogP contribution in [-0.4, -0.2) is 19.3 Å². The van der Waals surface area contributed by atoms with Crippen LogP contribution in [0.5, 0.6) is 0 Å². The summed E-state index contributed by atoms with van der Waals surface area (Å²) >= 11 is 0. The molecule has 0 aromatic heterocycles. The van der Waals surface area contributed by atoms with Crippen molar-refractivity contribution in [3.8, 4) is 6.07 Å². The van der Waals surface area contributed by atoms with E-state index in [0.717, 1.165) is 25.1 Å². The molecule has 0 bridgehead atoms. The first-order valence-electron chi connectivity index (χ1n) is 6.14. The van der Waals surface area contributed by atoms with E-state index in [-0.39, 0.29) is 6.04 Å². The van der Waals surface area contributed by atoms with Crippen molar-refractivity contribution >= 4 is 0 Å². The maximum atomic E-state index is 8.86. The van der Waals surface area contributed by atoms with Crippen LogP contribution in [0.4, 0.5) is 0 Å². The summed E-state index contributed by atoms with van der Waals surface area (Å²) in [6, 6.07) is 10.2. The average molecular weight is 230 g/mol. The van der Waals surface area contributed by atoms with Crippen LogP contribution < -0.4 is 5.32 Å². The largest absolute Gasteiger partial charge is 0.377 e. The van der Waals surface area contributed by atoms with Crippen molar-refractivity contribution < 1.29 is 4.74 Å². The molecule has 0 amide bonds. The monoisotopic (exact) mass is 230 g/mol. The summed E-state index contributed by atoms with van der Waals surface area (Å²) in [4.78, 5) is 0. The normalized spacial score (nSPS) is 21.1. The zero-order valence-electron chi connectivity index (χ0n) is 10.1. The van der Waals surface area contributed by atoms with Gasteiger partial charge in [-0.05, 0) is 37.5 Å². The fourth-order valence-corrected chi connectivity index (χ4v) is 2.11. The molecule has 3 heteroatoms. The van der Waals surface area contributed by atoms with Crippen LogP contribution in [0.25, 0.3) is 0 Å². The lowest BCUT2D eigenvalue weighted by atomic mass is 10.1. The van der Waals surface area contributed by atoms with Gasteiger partial charge >= 0.3 is 0 Å². The lowest BCUT2D eigenvalue weighted by molar-refractivity contribution is 0.108. The molecule has 1 fully saturated rings. The summed E-state index contributed by atoms with van der Waals surface area (Å²) in [5.41, 5.74) is 1.87. The molecular weight excluding hydrogens is 212 g/mol. The molecule has 0 aliphatic carbocycles. The van der Waals surface area contributed by atoms with Gasteiger partial charge in [-0.2, -0.15) is 5.26 Å². The van der Waals surface area contributed by atoms with E-state index >= 15 is 0 Å². The number of nitriles is 1. The Hall–Kier alpha value is -1.37. The summed E-state index contributed by atoms with van der Waals surface area (Å²) in [7, 11) is 0. The van der Waals surface area contributed by atoms with Gasteiger partial charge in [-0.25, -0.2) is 0 Å². The molecule has 2 atom stereocenters. The van der Waals surface area contributed by atoms with Crippen LogP contribution in [-0.2, 0) is 4.74 Å². The van der Waals surface area contributed by atoms with Gasteiger partial charge in [-0.15, -0.1) is 0 Å². The summed E-state index contributed by atoms with van der Waals surface area (Å²) in [5, 5.41) is 12.3. The summed E-state index contributed by atoms with van der Waals surface area (Å²) in [6.45, 7) is 3.90. The number of benzene rings is 1. The van der Waals surface area contributed by atoms with E-state index in [1.54, 1.807) is 0 Å². The van der Waals surface area contributed by atoms with Gasteiger partial charge in [0.1, 0.15) is 0 Å². The van der Waals surface area contributed by atoms with Crippen molar-refractivity contribution in [2.45, 2.75) is 31.9 Å². The molecular formula is C14H18N2O. The molecule has 2 unspecified atom stereocenters. The second-order valence-corrected chi connectivity index (χ2v) is 4.50. The van der Waals surface area contributed by atoms with Gasteiger partial charge in [0.05, 0.1) is 17.7 Å². The smallest absolute Gasteiger partial charge is 0.0991 e. The fraction of sp³-hybridized carbons (Fsp3) is 0.500. The van der Waals surface area contributed by atoms with Crippen molar-refractivity contribution in [2.24, 2.45) is 0 Å². The minimum atomic E-state index is 0.257. The highest BCUT2D eigenvalue weighted by Gasteiger charge is 2.16. The van der Waals surface area contributed by atoms with Gasteiger partial charge in [0.25, 0.3) is 0 Å². The van der Waals surface area contributed by atoms with Crippen LogP contribution in [0.2, 0.25) is 0 Å². The molecule has 1 aliphatic heterocycles. The third-order valence-electron chi connectivity index (χ3n) is 3.19. The predicted molar refractivity (Wildman–Crippen MR) is 66.5 cm³/mol. The van der Waals surface area contributed by atoms with E-state index < -0.39 is 0 Å². The highest BCUT2D eigenvalue weighted by atomic mass is 16.5. The lowest BCUT2D eigenvalue weighted by Crippen LogP contribution is -2.28. The number of nitrogens with one attached hydrogen (secondary N) is 1. The number of ether oxygens (including phenoxy) is 1. The van der Waals surface area contributed by atoms with Crippen LogP contribution >= 0.6 is 0 Å². The molecule has 17 heavy (non-hydrogen) atoms.